The monoisotopic (exact) mass is 403 g/mol. The number of hydroxylamine groups is 1. The van der Waals surface area contributed by atoms with Crippen LogP contribution in [-0.2, 0) is 24.8 Å². The second-order valence-electron chi connectivity index (χ2n) is 4.79. The Labute approximate surface area is 142 Å². The van der Waals surface area contributed by atoms with E-state index in [4.69, 9.17) is 16.8 Å². The van der Waals surface area contributed by atoms with E-state index in [1.807, 2.05) is 0 Å². The Morgan fingerprint density at radius 3 is 2.48 bits per heavy atom. The van der Waals surface area contributed by atoms with Gasteiger partial charge in [0.1, 0.15) is 10.3 Å². The molecular weight excluding hydrogens is 390 g/mol. The standard InChI is InChI=1S/C10H14ClN3O6S3/c1-22(17,18)13-4-5-14(7(6-13)10(15)12-16)23(19,20)9-3-2-8(11)21-9/h2-3,7,16H,4-6H2,1H3,(H,12,15)/t7-/m1/s1. The summed E-state index contributed by atoms with van der Waals surface area (Å²) in [4.78, 5) is 11.8. The van der Waals surface area contributed by atoms with E-state index in [0.29, 0.717) is 0 Å². The molecule has 0 unspecified atom stereocenters. The highest BCUT2D eigenvalue weighted by Crippen LogP contribution is 2.30. The quantitative estimate of drug-likeness (QED) is 0.518. The lowest BCUT2D eigenvalue weighted by atomic mass is 10.2. The molecule has 1 fully saturated rings. The molecular formula is C10H14ClN3O6S3. The molecule has 1 atom stereocenters. The number of hydrogen-bond donors (Lipinski definition) is 2. The fraction of sp³-hybridized carbons (Fsp3) is 0.500. The summed E-state index contributed by atoms with van der Waals surface area (Å²) < 4.78 is 50.6. The Hall–Kier alpha value is -0.760. The number of sulfonamides is 2. The molecule has 0 aliphatic carbocycles. The molecule has 0 saturated carbocycles. The van der Waals surface area contributed by atoms with Gasteiger partial charge in [0.2, 0.25) is 10.0 Å². The summed E-state index contributed by atoms with van der Waals surface area (Å²) in [5, 5.41) is 8.83. The molecule has 130 valence electrons. The molecule has 0 aromatic carbocycles. The number of amides is 1. The minimum atomic E-state index is -4.04. The van der Waals surface area contributed by atoms with Gasteiger partial charge in [-0.3, -0.25) is 10.0 Å². The minimum absolute atomic E-state index is 0.0638. The second-order valence-corrected chi connectivity index (χ2v) is 10.6. The van der Waals surface area contributed by atoms with Crippen molar-refractivity contribution in [2.24, 2.45) is 0 Å². The van der Waals surface area contributed by atoms with Gasteiger partial charge >= 0.3 is 0 Å². The Kier molecular flexibility index (Phi) is 5.35. The topological polar surface area (TPSA) is 124 Å². The normalized spacial score (nSPS) is 21.3. The van der Waals surface area contributed by atoms with Gasteiger partial charge in [-0.1, -0.05) is 11.6 Å². The van der Waals surface area contributed by atoms with Crippen molar-refractivity contribution >= 4 is 48.9 Å². The van der Waals surface area contributed by atoms with E-state index >= 15 is 0 Å². The Morgan fingerprint density at radius 2 is 2.00 bits per heavy atom. The van der Waals surface area contributed by atoms with Gasteiger partial charge in [-0.2, -0.15) is 8.61 Å². The fourth-order valence-corrected chi connectivity index (χ4v) is 6.18. The van der Waals surface area contributed by atoms with Crippen molar-refractivity contribution in [1.82, 2.24) is 14.1 Å². The average Bonchev–Trinajstić information content (AvgIpc) is 2.92. The van der Waals surface area contributed by atoms with Crippen molar-refractivity contribution in [2.75, 3.05) is 25.9 Å². The van der Waals surface area contributed by atoms with E-state index in [1.165, 1.54) is 17.6 Å². The van der Waals surface area contributed by atoms with Crippen LogP contribution in [0, 0.1) is 0 Å². The summed E-state index contributed by atoms with van der Waals surface area (Å²) >= 11 is 6.57. The molecule has 1 amide bonds. The number of hydrogen-bond acceptors (Lipinski definition) is 7. The summed E-state index contributed by atoms with van der Waals surface area (Å²) in [6, 6.07) is 1.33. The van der Waals surface area contributed by atoms with E-state index < -0.39 is 32.0 Å². The molecule has 0 bridgehead atoms. The number of halogens is 1. The number of carbonyl (C=O) groups is 1. The van der Waals surface area contributed by atoms with Crippen molar-refractivity contribution < 1.29 is 26.8 Å². The molecule has 9 nitrogen and oxygen atoms in total. The van der Waals surface area contributed by atoms with Crippen LogP contribution in [0.25, 0.3) is 0 Å². The molecule has 0 spiro atoms. The predicted octanol–water partition coefficient (Wildman–Crippen LogP) is -0.459. The SMILES string of the molecule is CS(=O)(=O)N1CCN(S(=O)(=O)c2ccc(Cl)s2)[C@@H](C(=O)NO)C1. The lowest BCUT2D eigenvalue weighted by molar-refractivity contribution is -0.134. The van der Waals surface area contributed by atoms with E-state index in [-0.39, 0.29) is 28.2 Å². The van der Waals surface area contributed by atoms with Gasteiger partial charge in [0.15, 0.2) is 0 Å². The molecule has 2 rings (SSSR count). The van der Waals surface area contributed by atoms with Gasteiger partial charge in [0, 0.05) is 19.6 Å². The third-order valence-corrected chi connectivity index (χ3v) is 8.16. The van der Waals surface area contributed by atoms with Crippen molar-refractivity contribution in [1.29, 1.82) is 0 Å². The Morgan fingerprint density at radius 1 is 1.35 bits per heavy atom. The van der Waals surface area contributed by atoms with Crippen molar-refractivity contribution in [3.05, 3.63) is 16.5 Å². The minimum Gasteiger partial charge on any atom is -0.289 e. The van der Waals surface area contributed by atoms with Gasteiger partial charge in [-0.05, 0) is 12.1 Å². The van der Waals surface area contributed by atoms with Crippen molar-refractivity contribution in [3.8, 4) is 0 Å². The first-order valence-corrected chi connectivity index (χ1v) is 10.7. The zero-order chi connectivity index (χ0) is 17.4. The largest absolute Gasteiger partial charge is 0.289 e. The third-order valence-electron chi connectivity index (χ3n) is 3.29. The first-order chi connectivity index (χ1) is 10.6. The predicted molar refractivity (Wildman–Crippen MR) is 83.4 cm³/mol. The van der Waals surface area contributed by atoms with Crippen LogP contribution in [0.5, 0.6) is 0 Å². The van der Waals surface area contributed by atoms with Crippen LogP contribution in [0.2, 0.25) is 4.34 Å². The average molecular weight is 404 g/mol. The van der Waals surface area contributed by atoms with Crippen molar-refractivity contribution in [3.63, 3.8) is 0 Å². The van der Waals surface area contributed by atoms with Crippen LogP contribution < -0.4 is 5.48 Å². The fourth-order valence-electron chi connectivity index (χ4n) is 2.17. The third kappa shape index (κ3) is 3.84. The number of carbonyl (C=O) groups excluding carboxylic acids is 1. The summed E-state index contributed by atoms with van der Waals surface area (Å²) in [6.07, 6.45) is 0.962. The van der Waals surface area contributed by atoms with E-state index in [1.54, 1.807) is 0 Å². The maximum Gasteiger partial charge on any atom is 0.263 e. The van der Waals surface area contributed by atoms with Crippen LogP contribution in [0.15, 0.2) is 16.3 Å². The van der Waals surface area contributed by atoms with Gasteiger partial charge in [-0.15, -0.1) is 11.3 Å². The van der Waals surface area contributed by atoms with E-state index in [0.717, 1.165) is 26.2 Å². The molecule has 2 N–H and O–H groups in total. The number of rotatable bonds is 4. The maximum atomic E-state index is 12.6. The Bertz CT molecular complexity index is 806. The van der Waals surface area contributed by atoms with E-state index in [9.17, 15) is 21.6 Å². The summed E-state index contributed by atoms with van der Waals surface area (Å²) in [5.41, 5.74) is 1.38. The van der Waals surface area contributed by atoms with Crippen LogP contribution in [0.4, 0.5) is 0 Å². The first-order valence-electron chi connectivity index (χ1n) is 6.23. The highest BCUT2D eigenvalue weighted by molar-refractivity contribution is 7.91. The molecule has 1 aromatic heterocycles. The molecule has 1 aromatic rings. The second kappa shape index (κ2) is 6.63. The van der Waals surface area contributed by atoms with E-state index in [2.05, 4.69) is 0 Å². The molecule has 1 saturated heterocycles. The highest BCUT2D eigenvalue weighted by atomic mass is 35.5. The van der Waals surface area contributed by atoms with Gasteiger partial charge in [-0.25, -0.2) is 22.3 Å². The summed E-state index contributed by atoms with van der Waals surface area (Å²) in [5.74, 6) is -1.01. The zero-order valence-corrected chi connectivity index (χ0v) is 15.0. The molecule has 0 radical (unpaired) electrons. The zero-order valence-electron chi connectivity index (χ0n) is 11.8. The maximum absolute atomic E-state index is 12.6. The van der Waals surface area contributed by atoms with Crippen LogP contribution in [-0.4, -0.2) is 68.5 Å². The van der Waals surface area contributed by atoms with Gasteiger partial charge < -0.3 is 0 Å². The molecule has 1 aliphatic rings. The van der Waals surface area contributed by atoms with Gasteiger partial charge in [0.25, 0.3) is 15.9 Å². The number of nitrogens with one attached hydrogen (secondary N) is 1. The van der Waals surface area contributed by atoms with Crippen LogP contribution in [0.3, 0.4) is 0 Å². The lowest BCUT2D eigenvalue weighted by Gasteiger charge is -2.37. The smallest absolute Gasteiger partial charge is 0.263 e. The molecule has 23 heavy (non-hydrogen) atoms. The number of nitrogens with zero attached hydrogens (tertiary/aromatic N) is 2. The summed E-state index contributed by atoms with van der Waals surface area (Å²) in [6.45, 7) is -0.695. The van der Waals surface area contributed by atoms with Crippen LogP contribution in [0.1, 0.15) is 0 Å². The Balaban J connectivity index is 2.39. The number of thiophene rings is 1. The van der Waals surface area contributed by atoms with Crippen molar-refractivity contribution in [2.45, 2.75) is 10.3 Å². The molecule has 2 heterocycles. The van der Waals surface area contributed by atoms with Gasteiger partial charge in [0.05, 0.1) is 10.6 Å². The molecule has 13 heteroatoms. The molecule has 1 aliphatic heterocycles. The lowest BCUT2D eigenvalue weighted by Crippen LogP contribution is -2.60. The number of piperazine rings is 1. The highest BCUT2D eigenvalue weighted by Gasteiger charge is 2.42. The first kappa shape index (κ1) is 18.6. The summed E-state index contributed by atoms with van der Waals surface area (Å²) in [7, 11) is -7.64. The van der Waals surface area contributed by atoms with Crippen LogP contribution >= 0.6 is 22.9 Å².